The van der Waals surface area contributed by atoms with Gasteiger partial charge in [-0.15, -0.1) is 0 Å². The third-order valence-electron chi connectivity index (χ3n) is 3.75. The summed E-state index contributed by atoms with van der Waals surface area (Å²) in [7, 11) is 3.05. The number of pyridine rings is 1. The van der Waals surface area contributed by atoms with Crippen LogP contribution < -0.4 is 20.1 Å². The quantitative estimate of drug-likeness (QED) is 0.689. The van der Waals surface area contributed by atoms with Crippen molar-refractivity contribution in [3.8, 4) is 11.5 Å². The Kier molecular flexibility index (Phi) is 5.28. The number of methoxy groups -OCH3 is 2. The van der Waals surface area contributed by atoms with E-state index in [1.807, 2.05) is 30.3 Å². The smallest absolute Gasteiger partial charge is 0.257 e. The van der Waals surface area contributed by atoms with Gasteiger partial charge in [0.2, 0.25) is 0 Å². The summed E-state index contributed by atoms with van der Waals surface area (Å²) in [6.07, 6.45) is 1.71. The number of carbonyl (C=O) groups is 1. The molecule has 0 unspecified atom stereocenters. The molecule has 0 saturated carbocycles. The van der Waals surface area contributed by atoms with Gasteiger partial charge in [-0.1, -0.05) is 18.2 Å². The van der Waals surface area contributed by atoms with Crippen LogP contribution in [0.15, 0.2) is 54.7 Å². The van der Waals surface area contributed by atoms with E-state index in [2.05, 4.69) is 15.6 Å². The van der Waals surface area contributed by atoms with Gasteiger partial charge in [0, 0.05) is 17.1 Å². The summed E-state index contributed by atoms with van der Waals surface area (Å²) in [6, 6.07) is 14.4. The lowest BCUT2D eigenvalue weighted by atomic mass is 10.2. The highest BCUT2D eigenvalue weighted by Gasteiger charge is 2.13. The lowest BCUT2D eigenvalue weighted by Crippen LogP contribution is -2.34. The number of amides is 1. The fraction of sp³-hybridized carbons (Fsp3) is 0.105. The molecule has 1 amide bonds. The van der Waals surface area contributed by atoms with Crippen molar-refractivity contribution in [3.63, 3.8) is 0 Å². The summed E-state index contributed by atoms with van der Waals surface area (Å²) in [5, 5.41) is 6.83. The van der Waals surface area contributed by atoms with E-state index in [0.717, 1.165) is 16.6 Å². The summed E-state index contributed by atoms with van der Waals surface area (Å²) in [6.45, 7) is 0. The molecule has 0 aliphatic heterocycles. The maximum Gasteiger partial charge on any atom is 0.257 e. The summed E-state index contributed by atoms with van der Waals surface area (Å²) in [4.78, 5) is 16.8. The van der Waals surface area contributed by atoms with E-state index in [1.165, 1.54) is 14.2 Å². The molecule has 2 N–H and O–H groups in total. The Morgan fingerprint density at radius 3 is 2.58 bits per heavy atom. The standard InChI is InChI=1S/C19H17N3O3S/c1-24-15-9-8-13(11-16(15)25-2)18(23)22-19(26)21-14-7-3-5-12-6-4-10-20-17(12)14/h3-11H,1-2H3,(H2,21,22,23,26). The largest absolute Gasteiger partial charge is 0.493 e. The lowest BCUT2D eigenvalue weighted by molar-refractivity contribution is 0.0977. The Bertz CT molecular complexity index is 970. The highest BCUT2D eigenvalue weighted by Crippen LogP contribution is 2.27. The average Bonchev–Trinajstić information content (AvgIpc) is 2.67. The molecule has 1 aromatic heterocycles. The molecular formula is C19H17N3O3S. The van der Waals surface area contributed by atoms with Gasteiger partial charge in [-0.25, -0.2) is 0 Å². The second-order valence-corrected chi connectivity index (χ2v) is 5.77. The minimum absolute atomic E-state index is 0.183. The number of thiocarbonyl (C=S) groups is 1. The zero-order valence-corrected chi connectivity index (χ0v) is 15.1. The van der Waals surface area contributed by atoms with E-state index in [9.17, 15) is 4.79 Å². The maximum absolute atomic E-state index is 12.4. The molecule has 0 aliphatic rings. The predicted octanol–water partition coefficient (Wildman–Crippen LogP) is 3.38. The fourth-order valence-electron chi connectivity index (χ4n) is 2.51. The molecule has 0 fully saturated rings. The van der Waals surface area contributed by atoms with Gasteiger partial charge in [0.25, 0.3) is 5.91 Å². The third-order valence-corrected chi connectivity index (χ3v) is 3.96. The normalized spacial score (nSPS) is 10.2. The number of carbonyl (C=O) groups excluding carboxylic acids is 1. The third kappa shape index (κ3) is 3.73. The van der Waals surface area contributed by atoms with Gasteiger partial charge in [-0.3, -0.25) is 15.1 Å². The van der Waals surface area contributed by atoms with Crippen molar-refractivity contribution in [2.45, 2.75) is 0 Å². The summed E-state index contributed by atoms with van der Waals surface area (Å²) in [5.74, 6) is 0.667. The molecule has 0 saturated heterocycles. The van der Waals surface area contributed by atoms with Crippen LogP contribution in [0, 0.1) is 0 Å². The molecule has 7 heteroatoms. The van der Waals surface area contributed by atoms with Crippen molar-refractivity contribution < 1.29 is 14.3 Å². The van der Waals surface area contributed by atoms with E-state index in [4.69, 9.17) is 21.7 Å². The number of rotatable bonds is 4. The molecule has 3 aromatic rings. The molecular weight excluding hydrogens is 350 g/mol. The predicted molar refractivity (Wildman–Crippen MR) is 105 cm³/mol. The Morgan fingerprint density at radius 2 is 1.81 bits per heavy atom. The highest BCUT2D eigenvalue weighted by atomic mass is 32.1. The van der Waals surface area contributed by atoms with Crippen LogP contribution in [-0.4, -0.2) is 30.2 Å². The van der Waals surface area contributed by atoms with Crippen molar-refractivity contribution in [1.82, 2.24) is 10.3 Å². The van der Waals surface area contributed by atoms with Crippen LogP contribution in [0.1, 0.15) is 10.4 Å². The topological polar surface area (TPSA) is 72.5 Å². The zero-order chi connectivity index (χ0) is 18.5. The summed E-state index contributed by atoms with van der Waals surface area (Å²) >= 11 is 5.26. The van der Waals surface area contributed by atoms with Crippen LogP contribution >= 0.6 is 12.2 Å². The number of anilines is 1. The molecule has 26 heavy (non-hydrogen) atoms. The Morgan fingerprint density at radius 1 is 1.04 bits per heavy atom. The lowest BCUT2D eigenvalue weighted by Gasteiger charge is -2.12. The molecule has 0 aliphatic carbocycles. The van der Waals surface area contributed by atoms with Gasteiger partial charge < -0.3 is 14.8 Å². The van der Waals surface area contributed by atoms with E-state index in [-0.39, 0.29) is 11.0 Å². The van der Waals surface area contributed by atoms with Crippen LogP contribution in [0.25, 0.3) is 10.9 Å². The molecule has 132 valence electrons. The van der Waals surface area contributed by atoms with Crippen LogP contribution in [0.2, 0.25) is 0 Å². The molecule has 0 atom stereocenters. The number of aromatic nitrogens is 1. The van der Waals surface area contributed by atoms with Crippen molar-refractivity contribution in [2.24, 2.45) is 0 Å². The molecule has 2 aromatic carbocycles. The molecule has 0 bridgehead atoms. The number of fused-ring (bicyclic) bond motifs is 1. The minimum atomic E-state index is -0.350. The molecule has 6 nitrogen and oxygen atoms in total. The minimum Gasteiger partial charge on any atom is -0.493 e. The van der Waals surface area contributed by atoms with Crippen molar-refractivity contribution in [1.29, 1.82) is 0 Å². The second kappa shape index (κ2) is 7.79. The number of ether oxygens (including phenoxy) is 2. The van der Waals surface area contributed by atoms with E-state index < -0.39 is 0 Å². The molecule has 3 rings (SSSR count). The number of nitrogens with one attached hydrogen (secondary N) is 2. The van der Waals surface area contributed by atoms with Crippen LogP contribution in [-0.2, 0) is 0 Å². The van der Waals surface area contributed by atoms with Crippen LogP contribution in [0.5, 0.6) is 11.5 Å². The first kappa shape index (κ1) is 17.6. The first-order valence-corrected chi connectivity index (χ1v) is 8.21. The monoisotopic (exact) mass is 367 g/mol. The summed E-state index contributed by atoms with van der Waals surface area (Å²) < 4.78 is 10.4. The number of nitrogens with zero attached hydrogens (tertiary/aromatic N) is 1. The van der Waals surface area contributed by atoms with Crippen LogP contribution in [0.4, 0.5) is 5.69 Å². The number of para-hydroxylation sites is 1. The van der Waals surface area contributed by atoms with Crippen molar-refractivity contribution in [3.05, 3.63) is 60.3 Å². The first-order chi connectivity index (χ1) is 12.6. The maximum atomic E-state index is 12.4. The van der Waals surface area contributed by atoms with Gasteiger partial charge in [0.15, 0.2) is 16.6 Å². The number of hydrogen-bond donors (Lipinski definition) is 2. The Labute approximate surface area is 156 Å². The van der Waals surface area contributed by atoms with E-state index >= 15 is 0 Å². The summed E-state index contributed by atoms with van der Waals surface area (Å²) in [5.41, 5.74) is 1.90. The van der Waals surface area contributed by atoms with E-state index in [0.29, 0.717) is 17.1 Å². The fourth-order valence-corrected chi connectivity index (χ4v) is 2.71. The Balaban J connectivity index is 1.74. The van der Waals surface area contributed by atoms with Crippen molar-refractivity contribution >= 4 is 39.8 Å². The first-order valence-electron chi connectivity index (χ1n) is 7.80. The van der Waals surface area contributed by atoms with Crippen molar-refractivity contribution in [2.75, 3.05) is 19.5 Å². The number of benzene rings is 2. The van der Waals surface area contributed by atoms with Gasteiger partial charge in [0.1, 0.15) is 0 Å². The van der Waals surface area contributed by atoms with Gasteiger partial charge in [0.05, 0.1) is 25.4 Å². The highest BCUT2D eigenvalue weighted by molar-refractivity contribution is 7.80. The molecule has 0 radical (unpaired) electrons. The zero-order valence-electron chi connectivity index (χ0n) is 14.3. The second-order valence-electron chi connectivity index (χ2n) is 5.36. The molecule has 0 spiro atoms. The SMILES string of the molecule is COc1ccc(C(=O)NC(=S)Nc2cccc3cccnc23)cc1OC. The van der Waals surface area contributed by atoms with Gasteiger partial charge in [-0.05, 0) is 42.5 Å². The van der Waals surface area contributed by atoms with Crippen LogP contribution in [0.3, 0.4) is 0 Å². The van der Waals surface area contributed by atoms with E-state index in [1.54, 1.807) is 24.4 Å². The molecule has 1 heterocycles. The van der Waals surface area contributed by atoms with Gasteiger partial charge >= 0.3 is 0 Å². The van der Waals surface area contributed by atoms with Gasteiger partial charge in [-0.2, -0.15) is 0 Å². The number of hydrogen-bond acceptors (Lipinski definition) is 5. The Hall–Kier alpha value is -3.19. The average molecular weight is 367 g/mol.